The molecule has 0 fully saturated rings. The molecule has 2 aromatic heterocycles. The molecule has 1 unspecified atom stereocenters. The van der Waals surface area contributed by atoms with Gasteiger partial charge < -0.3 is 10.1 Å². The van der Waals surface area contributed by atoms with Crippen LogP contribution in [0.1, 0.15) is 19.4 Å². The second-order valence-electron chi connectivity index (χ2n) is 6.27. The minimum absolute atomic E-state index is 0.311. The molecule has 144 valence electrons. The van der Waals surface area contributed by atoms with Gasteiger partial charge in [-0.25, -0.2) is 19.9 Å². The zero-order valence-electron chi connectivity index (χ0n) is 16.1. The van der Waals surface area contributed by atoms with Gasteiger partial charge in [0, 0.05) is 23.3 Å². The van der Waals surface area contributed by atoms with Crippen molar-refractivity contribution in [2.45, 2.75) is 26.8 Å². The number of nitrogens with zero attached hydrogens (tertiary/aromatic N) is 4. The monoisotopic (exact) mass is 395 g/mol. The molecule has 0 amide bonds. The third kappa shape index (κ3) is 4.25. The van der Waals surface area contributed by atoms with Crippen LogP contribution >= 0.6 is 11.8 Å². The highest BCUT2D eigenvalue weighted by atomic mass is 32.2. The summed E-state index contributed by atoms with van der Waals surface area (Å²) in [6.07, 6.45) is 4.99. The molecule has 0 saturated carbocycles. The molecule has 1 atom stereocenters. The van der Waals surface area contributed by atoms with Crippen LogP contribution in [0.25, 0.3) is 22.3 Å². The summed E-state index contributed by atoms with van der Waals surface area (Å²) >= 11 is 1.11. The van der Waals surface area contributed by atoms with Gasteiger partial charge in [-0.15, -0.1) is 0 Å². The van der Waals surface area contributed by atoms with Crippen molar-refractivity contribution in [3.8, 4) is 17.1 Å². The van der Waals surface area contributed by atoms with E-state index in [0.717, 1.165) is 28.3 Å². The second-order valence-corrected chi connectivity index (χ2v) is 7.53. The average molecular weight is 395 g/mol. The van der Waals surface area contributed by atoms with E-state index in [4.69, 9.17) is 15.6 Å². The van der Waals surface area contributed by atoms with Crippen LogP contribution < -0.4 is 10.1 Å². The van der Waals surface area contributed by atoms with Crippen LogP contribution in [-0.4, -0.2) is 43.2 Å². The Hall–Kier alpha value is -3.07. The van der Waals surface area contributed by atoms with Gasteiger partial charge in [0.05, 0.1) is 23.2 Å². The first-order valence-electron chi connectivity index (χ1n) is 8.58. The molecule has 8 nitrogen and oxygen atoms in total. The Labute approximate surface area is 167 Å². The predicted octanol–water partition coefficient (Wildman–Crippen LogP) is 3.91. The van der Waals surface area contributed by atoms with Crippen molar-refractivity contribution in [3.63, 3.8) is 0 Å². The lowest BCUT2D eigenvalue weighted by atomic mass is 10.1. The summed E-state index contributed by atoms with van der Waals surface area (Å²) in [7, 11) is 1.59. The van der Waals surface area contributed by atoms with Gasteiger partial charge in [0.15, 0.2) is 5.82 Å². The summed E-state index contributed by atoms with van der Waals surface area (Å²) in [6, 6.07) is 3.45. The Bertz CT molecular complexity index is 1040. The molecule has 0 bridgehead atoms. The number of aromatic nitrogens is 4. The maximum Gasteiger partial charge on any atom is 0.159 e. The molecule has 1 aromatic carbocycles. The first kappa shape index (κ1) is 19.7. The quantitative estimate of drug-likeness (QED) is 0.442. The van der Waals surface area contributed by atoms with E-state index in [-0.39, 0.29) is 6.04 Å². The standard InChI is InChI=1S/C19H21N7OS/c1-10-7-22-18(23-8-10)13-5-14-16(15(6-13)27-4)24-9-25-19(14)26-11(2)17(21)28-12(3)20/h5-9,11,20-21H,1-4H3,(H,24,25,26). The second kappa shape index (κ2) is 8.30. The fraction of sp³-hybridized carbons (Fsp3) is 0.263. The molecule has 9 heteroatoms. The zero-order valence-corrected chi connectivity index (χ0v) is 16.9. The van der Waals surface area contributed by atoms with E-state index in [2.05, 4.69) is 25.3 Å². The Morgan fingerprint density at radius 1 is 1.14 bits per heavy atom. The van der Waals surface area contributed by atoms with E-state index in [1.54, 1.807) is 26.4 Å². The van der Waals surface area contributed by atoms with Crippen LogP contribution in [0.4, 0.5) is 5.82 Å². The lowest BCUT2D eigenvalue weighted by Gasteiger charge is -2.17. The van der Waals surface area contributed by atoms with E-state index in [1.165, 1.54) is 6.33 Å². The number of anilines is 1. The van der Waals surface area contributed by atoms with Gasteiger partial charge in [-0.3, -0.25) is 10.8 Å². The van der Waals surface area contributed by atoms with Crippen molar-refractivity contribution in [2.75, 3.05) is 12.4 Å². The number of hydrogen-bond donors (Lipinski definition) is 3. The van der Waals surface area contributed by atoms with Crippen LogP contribution in [0.5, 0.6) is 5.75 Å². The van der Waals surface area contributed by atoms with Crippen molar-refractivity contribution in [2.24, 2.45) is 0 Å². The third-order valence-electron chi connectivity index (χ3n) is 3.97. The van der Waals surface area contributed by atoms with Crippen molar-refractivity contribution in [1.29, 1.82) is 10.8 Å². The Morgan fingerprint density at radius 2 is 1.86 bits per heavy atom. The van der Waals surface area contributed by atoms with Crippen LogP contribution in [0, 0.1) is 17.7 Å². The highest BCUT2D eigenvalue weighted by molar-refractivity contribution is 8.26. The summed E-state index contributed by atoms with van der Waals surface area (Å²) in [5.41, 5.74) is 2.42. The van der Waals surface area contributed by atoms with E-state index >= 15 is 0 Å². The zero-order chi connectivity index (χ0) is 20.3. The van der Waals surface area contributed by atoms with E-state index in [1.807, 2.05) is 26.0 Å². The van der Waals surface area contributed by atoms with Gasteiger partial charge in [0.25, 0.3) is 0 Å². The lowest BCUT2D eigenvalue weighted by Crippen LogP contribution is -2.24. The molecule has 3 aromatic rings. The first-order chi connectivity index (χ1) is 13.4. The topological polar surface area (TPSA) is 121 Å². The lowest BCUT2D eigenvalue weighted by molar-refractivity contribution is 0.419. The van der Waals surface area contributed by atoms with E-state index < -0.39 is 0 Å². The minimum Gasteiger partial charge on any atom is -0.494 e. The molecule has 0 aliphatic carbocycles. The maximum absolute atomic E-state index is 8.13. The normalized spacial score (nSPS) is 11.9. The maximum atomic E-state index is 8.13. The summed E-state index contributed by atoms with van der Waals surface area (Å²) in [6.45, 7) is 5.45. The number of fused-ring (bicyclic) bond motifs is 1. The molecule has 0 aliphatic heterocycles. The summed E-state index contributed by atoms with van der Waals surface area (Å²) < 4.78 is 5.53. The van der Waals surface area contributed by atoms with Gasteiger partial charge in [0.2, 0.25) is 0 Å². The Balaban J connectivity index is 2.06. The number of ether oxygens (including phenoxy) is 1. The van der Waals surface area contributed by atoms with Gasteiger partial charge in [-0.1, -0.05) is 11.8 Å². The summed E-state index contributed by atoms with van der Waals surface area (Å²) in [4.78, 5) is 17.5. The van der Waals surface area contributed by atoms with Crippen molar-refractivity contribution < 1.29 is 4.74 Å². The van der Waals surface area contributed by atoms with E-state index in [0.29, 0.717) is 33.0 Å². The van der Waals surface area contributed by atoms with Crippen molar-refractivity contribution >= 4 is 38.6 Å². The van der Waals surface area contributed by atoms with Crippen LogP contribution in [0.3, 0.4) is 0 Å². The van der Waals surface area contributed by atoms with Crippen molar-refractivity contribution in [3.05, 3.63) is 36.4 Å². The number of benzene rings is 1. The van der Waals surface area contributed by atoms with Gasteiger partial charge in [0.1, 0.15) is 23.4 Å². The number of methoxy groups -OCH3 is 1. The largest absolute Gasteiger partial charge is 0.494 e. The average Bonchev–Trinajstić information content (AvgIpc) is 2.67. The molecule has 0 radical (unpaired) electrons. The van der Waals surface area contributed by atoms with Crippen molar-refractivity contribution in [1.82, 2.24) is 19.9 Å². The molecule has 3 N–H and O–H groups in total. The Kier molecular flexibility index (Phi) is 5.84. The number of hydrogen-bond acceptors (Lipinski definition) is 9. The van der Waals surface area contributed by atoms with Crippen LogP contribution in [-0.2, 0) is 0 Å². The Morgan fingerprint density at radius 3 is 2.50 bits per heavy atom. The summed E-state index contributed by atoms with van der Waals surface area (Å²) in [5.74, 6) is 1.75. The fourth-order valence-corrected chi connectivity index (χ4v) is 3.17. The molecule has 0 aliphatic rings. The van der Waals surface area contributed by atoms with E-state index in [9.17, 15) is 0 Å². The van der Waals surface area contributed by atoms with Gasteiger partial charge in [-0.2, -0.15) is 0 Å². The predicted molar refractivity (Wildman–Crippen MR) is 114 cm³/mol. The number of nitrogens with one attached hydrogen (secondary N) is 3. The molecular formula is C19H21N7OS. The molecule has 0 spiro atoms. The first-order valence-corrected chi connectivity index (χ1v) is 9.40. The SMILES string of the molecule is COc1cc(-c2ncc(C)cn2)cc2c(NC(C)C(=N)SC(C)=N)ncnc12. The summed E-state index contributed by atoms with van der Waals surface area (Å²) in [5, 5.41) is 20.4. The smallest absolute Gasteiger partial charge is 0.159 e. The molecule has 3 rings (SSSR count). The van der Waals surface area contributed by atoms with Gasteiger partial charge >= 0.3 is 0 Å². The molecule has 0 saturated heterocycles. The molecule has 2 heterocycles. The third-order valence-corrected chi connectivity index (χ3v) is 4.85. The van der Waals surface area contributed by atoms with Crippen LogP contribution in [0.2, 0.25) is 0 Å². The number of aryl methyl sites for hydroxylation is 1. The highest BCUT2D eigenvalue weighted by Crippen LogP contribution is 2.33. The van der Waals surface area contributed by atoms with Crippen LogP contribution in [0.15, 0.2) is 30.9 Å². The number of thioether (sulfide) groups is 1. The highest BCUT2D eigenvalue weighted by Gasteiger charge is 2.16. The molecular weight excluding hydrogens is 374 g/mol. The minimum atomic E-state index is -0.311. The van der Waals surface area contributed by atoms with Gasteiger partial charge in [-0.05, 0) is 38.5 Å². The number of rotatable bonds is 5. The molecule has 28 heavy (non-hydrogen) atoms. The fourth-order valence-electron chi connectivity index (χ4n) is 2.60.